The standard InChI is InChI=1S/C14H20BrNO2/c1-2-3-4-8-16-10-13(17)11-18-14-7-5-6-12(15)9-14/h2-3,5-7,9,13,16-17H,4,8,10-11H2,1H3/b3-2+. The van der Waals surface area contributed by atoms with Gasteiger partial charge in [0, 0.05) is 11.0 Å². The van der Waals surface area contributed by atoms with E-state index in [9.17, 15) is 5.11 Å². The molecule has 18 heavy (non-hydrogen) atoms. The molecule has 0 radical (unpaired) electrons. The Balaban J connectivity index is 2.15. The van der Waals surface area contributed by atoms with E-state index in [0.29, 0.717) is 13.2 Å². The smallest absolute Gasteiger partial charge is 0.120 e. The predicted molar refractivity (Wildman–Crippen MR) is 77.9 cm³/mol. The van der Waals surface area contributed by atoms with Crippen LogP contribution in [0.5, 0.6) is 5.75 Å². The summed E-state index contributed by atoms with van der Waals surface area (Å²) in [5, 5.41) is 12.9. The highest BCUT2D eigenvalue weighted by Crippen LogP contribution is 2.17. The summed E-state index contributed by atoms with van der Waals surface area (Å²) in [4.78, 5) is 0. The molecule has 4 heteroatoms. The maximum Gasteiger partial charge on any atom is 0.120 e. The van der Waals surface area contributed by atoms with Crippen molar-refractivity contribution in [3.05, 3.63) is 40.9 Å². The average molecular weight is 314 g/mol. The summed E-state index contributed by atoms with van der Waals surface area (Å²) in [6, 6.07) is 7.59. The van der Waals surface area contributed by atoms with Crippen LogP contribution in [-0.2, 0) is 0 Å². The first-order chi connectivity index (χ1) is 8.72. The van der Waals surface area contributed by atoms with E-state index in [1.54, 1.807) is 0 Å². The molecule has 0 aromatic heterocycles. The molecule has 0 aliphatic rings. The highest BCUT2D eigenvalue weighted by atomic mass is 79.9. The van der Waals surface area contributed by atoms with Gasteiger partial charge in [0.05, 0.1) is 0 Å². The van der Waals surface area contributed by atoms with Gasteiger partial charge in [-0.3, -0.25) is 0 Å². The minimum atomic E-state index is -0.491. The molecule has 1 rings (SSSR count). The van der Waals surface area contributed by atoms with Gasteiger partial charge in [-0.1, -0.05) is 34.1 Å². The fourth-order valence-corrected chi connectivity index (χ4v) is 1.81. The van der Waals surface area contributed by atoms with Gasteiger partial charge in [-0.25, -0.2) is 0 Å². The number of hydrogen-bond acceptors (Lipinski definition) is 3. The zero-order valence-electron chi connectivity index (χ0n) is 10.6. The first kappa shape index (κ1) is 15.2. The van der Waals surface area contributed by atoms with E-state index in [1.165, 1.54) is 0 Å². The van der Waals surface area contributed by atoms with E-state index in [2.05, 4.69) is 27.3 Å². The molecular weight excluding hydrogens is 294 g/mol. The van der Waals surface area contributed by atoms with Crippen molar-refractivity contribution in [1.29, 1.82) is 0 Å². The number of aliphatic hydroxyl groups excluding tert-OH is 1. The molecule has 2 N–H and O–H groups in total. The Labute approximate surface area is 117 Å². The third-order valence-electron chi connectivity index (χ3n) is 2.34. The second-order valence-corrected chi connectivity index (χ2v) is 4.90. The maximum absolute atomic E-state index is 9.72. The summed E-state index contributed by atoms with van der Waals surface area (Å²) in [6.45, 7) is 3.72. The van der Waals surface area contributed by atoms with Crippen molar-refractivity contribution in [3.63, 3.8) is 0 Å². The molecule has 1 unspecified atom stereocenters. The fourth-order valence-electron chi connectivity index (χ4n) is 1.43. The normalized spacial score (nSPS) is 12.8. The molecule has 0 fully saturated rings. The Morgan fingerprint density at radius 1 is 1.50 bits per heavy atom. The molecule has 1 aromatic rings. The highest BCUT2D eigenvalue weighted by molar-refractivity contribution is 9.10. The lowest BCUT2D eigenvalue weighted by Crippen LogP contribution is -2.31. The summed E-state index contributed by atoms with van der Waals surface area (Å²) in [5.74, 6) is 0.761. The van der Waals surface area contributed by atoms with Crippen LogP contribution in [0.2, 0.25) is 0 Å². The largest absolute Gasteiger partial charge is 0.491 e. The monoisotopic (exact) mass is 313 g/mol. The van der Waals surface area contributed by atoms with E-state index in [4.69, 9.17) is 4.74 Å². The zero-order valence-corrected chi connectivity index (χ0v) is 12.2. The van der Waals surface area contributed by atoms with Crippen molar-refractivity contribution in [2.75, 3.05) is 19.7 Å². The number of ether oxygens (including phenoxy) is 1. The number of aliphatic hydroxyl groups is 1. The quantitative estimate of drug-likeness (QED) is 0.573. The lowest BCUT2D eigenvalue weighted by molar-refractivity contribution is 0.106. The van der Waals surface area contributed by atoms with Crippen LogP contribution in [0.3, 0.4) is 0 Å². The molecule has 100 valence electrons. The summed E-state index contributed by atoms with van der Waals surface area (Å²) < 4.78 is 6.46. The van der Waals surface area contributed by atoms with Crippen LogP contribution in [0.4, 0.5) is 0 Å². The van der Waals surface area contributed by atoms with Gasteiger partial charge in [0.25, 0.3) is 0 Å². The second-order valence-electron chi connectivity index (χ2n) is 3.98. The number of hydrogen-bond donors (Lipinski definition) is 2. The predicted octanol–water partition coefficient (Wildman–Crippen LogP) is 2.74. The third kappa shape index (κ3) is 6.79. The third-order valence-corrected chi connectivity index (χ3v) is 2.84. The minimum Gasteiger partial charge on any atom is -0.491 e. The van der Waals surface area contributed by atoms with Gasteiger partial charge >= 0.3 is 0 Å². The Hall–Kier alpha value is -0.840. The van der Waals surface area contributed by atoms with Crippen LogP contribution in [0.25, 0.3) is 0 Å². The molecule has 0 bridgehead atoms. The van der Waals surface area contributed by atoms with Gasteiger partial charge in [0.1, 0.15) is 18.5 Å². The van der Waals surface area contributed by atoms with Gasteiger partial charge in [-0.2, -0.15) is 0 Å². The van der Waals surface area contributed by atoms with Crippen LogP contribution in [-0.4, -0.2) is 30.9 Å². The first-order valence-electron chi connectivity index (χ1n) is 6.10. The van der Waals surface area contributed by atoms with Crippen LogP contribution >= 0.6 is 15.9 Å². The fraction of sp³-hybridized carbons (Fsp3) is 0.429. The van der Waals surface area contributed by atoms with Crippen molar-refractivity contribution in [2.45, 2.75) is 19.4 Å². The number of allylic oxidation sites excluding steroid dienone is 1. The van der Waals surface area contributed by atoms with Gasteiger partial charge in [0.15, 0.2) is 0 Å². The van der Waals surface area contributed by atoms with Gasteiger partial charge in [-0.15, -0.1) is 0 Å². The zero-order chi connectivity index (χ0) is 13.2. The summed E-state index contributed by atoms with van der Waals surface area (Å²) in [7, 11) is 0. The van der Waals surface area contributed by atoms with E-state index in [1.807, 2.05) is 37.3 Å². The van der Waals surface area contributed by atoms with Crippen molar-refractivity contribution >= 4 is 15.9 Å². The van der Waals surface area contributed by atoms with Gasteiger partial charge < -0.3 is 15.2 Å². The molecule has 1 aromatic carbocycles. The molecule has 0 saturated carbocycles. The Bertz CT molecular complexity index is 369. The molecule has 0 aliphatic carbocycles. The second kappa shape index (κ2) is 9.14. The highest BCUT2D eigenvalue weighted by Gasteiger charge is 2.04. The lowest BCUT2D eigenvalue weighted by atomic mass is 10.3. The number of nitrogens with one attached hydrogen (secondary N) is 1. The number of halogens is 1. The van der Waals surface area contributed by atoms with E-state index < -0.39 is 6.10 Å². The molecular formula is C14H20BrNO2. The molecule has 1 atom stereocenters. The minimum absolute atomic E-state index is 0.299. The van der Waals surface area contributed by atoms with Crippen molar-refractivity contribution < 1.29 is 9.84 Å². The number of rotatable bonds is 8. The summed E-state index contributed by atoms with van der Waals surface area (Å²) >= 11 is 3.37. The summed E-state index contributed by atoms with van der Waals surface area (Å²) in [6.07, 6.45) is 4.61. The Morgan fingerprint density at radius 2 is 2.33 bits per heavy atom. The molecule has 0 spiro atoms. The van der Waals surface area contributed by atoms with Crippen LogP contribution in [0, 0.1) is 0 Å². The van der Waals surface area contributed by atoms with Crippen LogP contribution < -0.4 is 10.1 Å². The van der Waals surface area contributed by atoms with Gasteiger partial charge in [-0.05, 0) is 38.1 Å². The molecule has 0 heterocycles. The molecule has 3 nitrogen and oxygen atoms in total. The molecule has 0 amide bonds. The Morgan fingerprint density at radius 3 is 3.06 bits per heavy atom. The first-order valence-corrected chi connectivity index (χ1v) is 6.90. The van der Waals surface area contributed by atoms with E-state index >= 15 is 0 Å². The topological polar surface area (TPSA) is 41.5 Å². The maximum atomic E-state index is 9.72. The van der Waals surface area contributed by atoms with Crippen LogP contribution in [0.15, 0.2) is 40.9 Å². The molecule has 0 aliphatic heterocycles. The van der Waals surface area contributed by atoms with E-state index in [0.717, 1.165) is 23.2 Å². The SMILES string of the molecule is C/C=C/CCNCC(O)COc1cccc(Br)c1. The summed E-state index contributed by atoms with van der Waals surface area (Å²) in [5.41, 5.74) is 0. The number of benzene rings is 1. The average Bonchev–Trinajstić information content (AvgIpc) is 2.36. The van der Waals surface area contributed by atoms with Gasteiger partial charge in [0.2, 0.25) is 0 Å². The van der Waals surface area contributed by atoms with Crippen LogP contribution in [0.1, 0.15) is 13.3 Å². The van der Waals surface area contributed by atoms with Crippen molar-refractivity contribution in [1.82, 2.24) is 5.32 Å². The lowest BCUT2D eigenvalue weighted by Gasteiger charge is -2.13. The molecule has 0 saturated heterocycles. The Kier molecular flexibility index (Phi) is 7.73. The van der Waals surface area contributed by atoms with E-state index in [-0.39, 0.29) is 0 Å². The van der Waals surface area contributed by atoms with Crippen molar-refractivity contribution in [3.8, 4) is 5.75 Å². The van der Waals surface area contributed by atoms with Crippen molar-refractivity contribution in [2.24, 2.45) is 0 Å².